The van der Waals surface area contributed by atoms with Crippen LogP contribution in [0.1, 0.15) is 17.7 Å². The number of anilines is 1. The smallest absolute Gasteiger partial charge is 0.260 e. The van der Waals surface area contributed by atoms with Gasteiger partial charge in [-0.1, -0.05) is 12.1 Å². The Labute approximate surface area is 161 Å². The van der Waals surface area contributed by atoms with Crippen molar-refractivity contribution < 1.29 is 14.3 Å². The predicted octanol–water partition coefficient (Wildman–Crippen LogP) is 3.62. The summed E-state index contributed by atoms with van der Waals surface area (Å²) < 4.78 is 5.59. The number of likely N-dealkylation sites (tertiary alicyclic amines) is 1. The summed E-state index contributed by atoms with van der Waals surface area (Å²) in [5, 5.41) is 4.91. The normalized spacial score (nSPS) is 13.6. The zero-order valence-electron chi connectivity index (χ0n) is 14.5. The number of rotatable bonds is 8. The van der Waals surface area contributed by atoms with E-state index < -0.39 is 0 Å². The second kappa shape index (κ2) is 9.64. The molecule has 0 saturated carbocycles. The zero-order chi connectivity index (χ0) is 18.2. The van der Waals surface area contributed by atoms with Crippen LogP contribution in [0.2, 0.25) is 0 Å². The lowest BCUT2D eigenvalue weighted by Crippen LogP contribution is -2.32. The third-order valence-electron chi connectivity index (χ3n) is 4.00. The summed E-state index contributed by atoms with van der Waals surface area (Å²) in [6.45, 7) is 1.68. The van der Waals surface area contributed by atoms with Gasteiger partial charge < -0.3 is 15.0 Å². The number of nitrogens with zero attached hydrogens (tertiary/aromatic N) is 1. The topological polar surface area (TPSA) is 58.6 Å². The van der Waals surface area contributed by atoms with Crippen molar-refractivity contribution in [2.75, 3.05) is 30.8 Å². The lowest BCUT2D eigenvalue weighted by molar-refractivity contribution is -0.132. The summed E-state index contributed by atoms with van der Waals surface area (Å²) in [5.74, 6) is 1.80. The van der Waals surface area contributed by atoms with Gasteiger partial charge in [-0.25, -0.2) is 0 Å². The van der Waals surface area contributed by atoms with Crippen LogP contribution >= 0.6 is 23.1 Å². The number of amides is 2. The minimum atomic E-state index is -0.0446. The molecule has 0 bridgehead atoms. The highest BCUT2D eigenvalue weighted by molar-refractivity contribution is 7.99. The molecule has 2 aromatic rings. The number of nitrogens with one attached hydrogen (secondary N) is 1. The first-order chi connectivity index (χ1) is 12.7. The molecule has 0 radical (unpaired) electrons. The first kappa shape index (κ1) is 18.8. The number of thiophene rings is 1. The SMILES string of the molecule is O=C(CSCc1cccs1)Nc1cccc(OCC(=O)N2CCCC2)c1. The number of carbonyl (C=O) groups is 2. The van der Waals surface area contributed by atoms with E-state index in [0.717, 1.165) is 31.7 Å². The Bertz CT molecular complexity index is 728. The average molecular weight is 391 g/mol. The highest BCUT2D eigenvalue weighted by Crippen LogP contribution is 2.20. The maximum atomic E-state index is 12.1. The molecule has 0 aliphatic carbocycles. The summed E-state index contributed by atoms with van der Waals surface area (Å²) in [6, 6.07) is 11.2. The van der Waals surface area contributed by atoms with Crippen LogP contribution in [0, 0.1) is 0 Å². The van der Waals surface area contributed by atoms with E-state index in [4.69, 9.17) is 4.74 Å². The van der Waals surface area contributed by atoms with Crippen LogP contribution in [0.15, 0.2) is 41.8 Å². The third-order valence-corrected chi connectivity index (χ3v) is 6.04. The summed E-state index contributed by atoms with van der Waals surface area (Å²) in [6.07, 6.45) is 2.13. The second-order valence-electron chi connectivity index (χ2n) is 6.02. The van der Waals surface area contributed by atoms with E-state index in [-0.39, 0.29) is 18.4 Å². The van der Waals surface area contributed by atoms with Crippen LogP contribution in [0.4, 0.5) is 5.69 Å². The van der Waals surface area contributed by atoms with Crippen molar-refractivity contribution in [3.05, 3.63) is 46.7 Å². The number of thioether (sulfide) groups is 1. The van der Waals surface area contributed by atoms with Crippen LogP contribution in [0.5, 0.6) is 5.75 Å². The number of carbonyl (C=O) groups excluding carboxylic acids is 2. The maximum absolute atomic E-state index is 12.1. The van der Waals surface area contributed by atoms with Gasteiger partial charge in [-0.05, 0) is 36.4 Å². The number of ether oxygens (including phenoxy) is 1. The van der Waals surface area contributed by atoms with Crippen LogP contribution in [0.25, 0.3) is 0 Å². The summed E-state index contributed by atoms with van der Waals surface area (Å²) in [4.78, 5) is 27.2. The quantitative estimate of drug-likeness (QED) is 0.748. The molecule has 138 valence electrons. The van der Waals surface area contributed by atoms with E-state index in [1.54, 1.807) is 35.2 Å². The maximum Gasteiger partial charge on any atom is 0.260 e. The van der Waals surface area contributed by atoms with Crippen LogP contribution in [-0.4, -0.2) is 42.2 Å². The molecule has 26 heavy (non-hydrogen) atoms. The van der Waals surface area contributed by atoms with Crippen molar-refractivity contribution in [2.24, 2.45) is 0 Å². The lowest BCUT2D eigenvalue weighted by atomic mass is 10.3. The Balaban J connectivity index is 1.42. The first-order valence-electron chi connectivity index (χ1n) is 8.61. The van der Waals surface area contributed by atoms with Crippen molar-refractivity contribution in [3.8, 4) is 5.75 Å². The molecular formula is C19H22N2O3S2. The lowest BCUT2D eigenvalue weighted by Gasteiger charge is -2.15. The van der Waals surface area contributed by atoms with Crippen LogP contribution < -0.4 is 10.1 Å². The van der Waals surface area contributed by atoms with E-state index in [2.05, 4.69) is 11.4 Å². The fourth-order valence-electron chi connectivity index (χ4n) is 2.70. The van der Waals surface area contributed by atoms with Crippen molar-refractivity contribution in [1.29, 1.82) is 0 Å². The molecule has 1 aromatic heterocycles. The molecule has 0 atom stereocenters. The van der Waals surface area contributed by atoms with Gasteiger partial charge in [0.05, 0.1) is 5.75 Å². The van der Waals surface area contributed by atoms with E-state index in [0.29, 0.717) is 17.2 Å². The second-order valence-corrected chi connectivity index (χ2v) is 8.04. The van der Waals surface area contributed by atoms with E-state index in [9.17, 15) is 9.59 Å². The van der Waals surface area contributed by atoms with Gasteiger partial charge >= 0.3 is 0 Å². The molecule has 0 unspecified atom stereocenters. The molecular weight excluding hydrogens is 368 g/mol. The van der Waals surface area contributed by atoms with E-state index in [1.807, 2.05) is 28.5 Å². The van der Waals surface area contributed by atoms with Gasteiger partial charge in [-0.2, -0.15) is 0 Å². The molecule has 1 N–H and O–H groups in total. The fourth-order valence-corrected chi connectivity index (χ4v) is 4.37. The Morgan fingerprint density at radius 2 is 2.04 bits per heavy atom. The molecule has 1 aromatic carbocycles. The highest BCUT2D eigenvalue weighted by Gasteiger charge is 2.18. The molecule has 1 saturated heterocycles. The Hall–Kier alpha value is -1.99. The van der Waals surface area contributed by atoms with E-state index >= 15 is 0 Å². The summed E-state index contributed by atoms with van der Waals surface area (Å²) >= 11 is 3.28. The van der Waals surface area contributed by atoms with Crippen LogP contribution in [-0.2, 0) is 15.3 Å². The van der Waals surface area contributed by atoms with Crippen molar-refractivity contribution in [3.63, 3.8) is 0 Å². The van der Waals surface area contributed by atoms with Crippen molar-refractivity contribution in [2.45, 2.75) is 18.6 Å². The standard InChI is InChI=1S/C19H22N2O3S2/c22-18(14-25-13-17-7-4-10-26-17)20-15-5-3-6-16(11-15)24-12-19(23)21-8-1-2-9-21/h3-7,10-11H,1-2,8-9,12-14H2,(H,20,22). The molecule has 1 aliphatic heterocycles. The summed E-state index contributed by atoms with van der Waals surface area (Å²) in [7, 11) is 0. The molecule has 1 aliphatic rings. The molecule has 1 fully saturated rings. The third kappa shape index (κ3) is 5.78. The van der Waals surface area contributed by atoms with E-state index in [1.165, 1.54) is 4.88 Å². The molecule has 2 heterocycles. The molecule has 5 nitrogen and oxygen atoms in total. The minimum Gasteiger partial charge on any atom is -0.484 e. The van der Waals surface area contributed by atoms with Crippen molar-refractivity contribution >= 4 is 40.6 Å². The van der Waals surface area contributed by atoms with Gasteiger partial charge in [0.1, 0.15) is 5.75 Å². The monoisotopic (exact) mass is 390 g/mol. The first-order valence-corrected chi connectivity index (χ1v) is 10.6. The fraction of sp³-hybridized carbons (Fsp3) is 0.368. The van der Waals surface area contributed by atoms with Gasteiger partial charge in [-0.15, -0.1) is 23.1 Å². The molecule has 0 spiro atoms. The van der Waals surface area contributed by atoms with Gasteiger partial charge in [0.2, 0.25) is 5.91 Å². The Morgan fingerprint density at radius 1 is 1.19 bits per heavy atom. The molecule has 2 amide bonds. The number of benzene rings is 1. The Morgan fingerprint density at radius 3 is 2.81 bits per heavy atom. The van der Waals surface area contributed by atoms with Gasteiger partial charge in [0.15, 0.2) is 6.61 Å². The predicted molar refractivity (Wildman–Crippen MR) is 107 cm³/mol. The molecule has 3 rings (SSSR count). The summed E-state index contributed by atoms with van der Waals surface area (Å²) in [5.41, 5.74) is 0.679. The number of hydrogen-bond acceptors (Lipinski definition) is 5. The average Bonchev–Trinajstić information content (AvgIpc) is 3.34. The largest absolute Gasteiger partial charge is 0.484 e. The van der Waals surface area contributed by atoms with Crippen molar-refractivity contribution in [1.82, 2.24) is 4.90 Å². The van der Waals surface area contributed by atoms with Crippen LogP contribution in [0.3, 0.4) is 0 Å². The van der Waals surface area contributed by atoms with Gasteiger partial charge in [-0.3, -0.25) is 9.59 Å². The Kier molecular flexibility index (Phi) is 6.96. The zero-order valence-corrected chi connectivity index (χ0v) is 16.1. The molecule has 7 heteroatoms. The minimum absolute atomic E-state index is 0.0157. The van der Waals surface area contributed by atoms with Gasteiger partial charge in [0.25, 0.3) is 5.91 Å². The van der Waals surface area contributed by atoms with Gasteiger partial charge in [0, 0.05) is 35.5 Å². The highest BCUT2D eigenvalue weighted by atomic mass is 32.2. The number of hydrogen-bond donors (Lipinski definition) is 1.